The average Bonchev–Trinajstić information content (AvgIpc) is 2.37. The lowest BCUT2D eigenvalue weighted by molar-refractivity contribution is -0.123. The predicted molar refractivity (Wildman–Crippen MR) is 67.1 cm³/mol. The Morgan fingerprint density at radius 3 is 2.65 bits per heavy atom. The highest BCUT2D eigenvalue weighted by Gasteiger charge is 2.27. The molecule has 0 spiro atoms. The minimum atomic E-state index is -0.757. The average molecular weight is 231 g/mol. The van der Waals surface area contributed by atoms with E-state index in [0.29, 0.717) is 6.42 Å². The molecule has 3 heteroatoms. The van der Waals surface area contributed by atoms with Crippen LogP contribution in [-0.2, 0) is 10.3 Å². The van der Waals surface area contributed by atoms with Gasteiger partial charge in [0, 0.05) is 12.8 Å². The number of aliphatic hydroxyl groups is 1. The molecule has 1 aromatic rings. The van der Waals surface area contributed by atoms with Crippen LogP contribution in [0.15, 0.2) is 30.3 Å². The third-order valence-corrected chi connectivity index (χ3v) is 2.64. The molecule has 3 nitrogen and oxygen atoms in total. The van der Waals surface area contributed by atoms with Gasteiger partial charge in [-0.15, -0.1) is 12.3 Å². The summed E-state index contributed by atoms with van der Waals surface area (Å²) in [7, 11) is 0. The Kier molecular flexibility index (Phi) is 4.74. The topological polar surface area (TPSA) is 49.3 Å². The molecule has 0 aromatic heterocycles. The molecule has 90 valence electrons. The Morgan fingerprint density at radius 1 is 1.47 bits per heavy atom. The second-order valence-corrected chi connectivity index (χ2v) is 4.11. The Balaban J connectivity index is 2.77. The number of hydrogen-bond acceptors (Lipinski definition) is 2. The molecule has 0 saturated carbocycles. The quantitative estimate of drug-likeness (QED) is 0.753. The van der Waals surface area contributed by atoms with Crippen molar-refractivity contribution in [1.29, 1.82) is 0 Å². The van der Waals surface area contributed by atoms with Crippen LogP contribution in [0.1, 0.15) is 25.3 Å². The summed E-state index contributed by atoms with van der Waals surface area (Å²) in [5, 5.41) is 12.3. The zero-order chi connectivity index (χ0) is 12.7. The minimum Gasteiger partial charge on any atom is -0.394 e. The van der Waals surface area contributed by atoms with Crippen molar-refractivity contribution in [3.63, 3.8) is 0 Å². The lowest BCUT2D eigenvalue weighted by atomic mass is 9.92. The maximum absolute atomic E-state index is 11.6. The second kappa shape index (κ2) is 6.07. The highest BCUT2D eigenvalue weighted by molar-refractivity contribution is 5.77. The highest BCUT2D eigenvalue weighted by Crippen LogP contribution is 2.19. The fourth-order valence-electron chi connectivity index (χ4n) is 1.56. The van der Waals surface area contributed by atoms with E-state index in [4.69, 9.17) is 6.42 Å². The van der Waals surface area contributed by atoms with E-state index in [9.17, 15) is 9.90 Å². The van der Waals surface area contributed by atoms with Crippen LogP contribution >= 0.6 is 0 Å². The number of nitrogens with one attached hydrogen (secondary N) is 1. The van der Waals surface area contributed by atoms with E-state index in [2.05, 4.69) is 11.2 Å². The number of terminal acetylenes is 1. The standard InChI is InChI=1S/C14H17NO2/c1-3-4-10-13(17)15-14(2,11-16)12-8-6-5-7-9-12/h1,5-9,16H,4,10-11H2,2H3,(H,15,17). The number of benzene rings is 1. The van der Waals surface area contributed by atoms with Gasteiger partial charge in [0.2, 0.25) is 5.91 Å². The zero-order valence-electron chi connectivity index (χ0n) is 9.94. The largest absolute Gasteiger partial charge is 0.394 e. The minimum absolute atomic E-state index is 0.150. The molecular weight excluding hydrogens is 214 g/mol. The molecule has 17 heavy (non-hydrogen) atoms. The molecule has 0 bridgehead atoms. The van der Waals surface area contributed by atoms with Gasteiger partial charge in [0.1, 0.15) is 0 Å². The first-order valence-electron chi connectivity index (χ1n) is 5.53. The molecule has 0 aliphatic carbocycles. The van der Waals surface area contributed by atoms with Crippen LogP contribution in [0.25, 0.3) is 0 Å². The Morgan fingerprint density at radius 2 is 2.12 bits per heavy atom. The van der Waals surface area contributed by atoms with Crippen LogP contribution in [0, 0.1) is 12.3 Å². The summed E-state index contributed by atoms with van der Waals surface area (Å²) < 4.78 is 0. The second-order valence-electron chi connectivity index (χ2n) is 4.11. The van der Waals surface area contributed by atoms with Crippen LogP contribution < -0.4 is 5.32 Å². The predicted octanol–water partition coefficient (Wildman–Crippen LogP) is 1.42. The van der Waals surface area contributed by atoms with E-state index in [-0.39, 0.29) is 18.9 Å². The molecule has 0 heterocycles. The first-order valence-corrected chi connectivity index (χ1v) is 5.53. The van der Waals surface area contributed by atoms with Crippen LogP contribution in [0.2, 0.25) is 0 Å². The molecule has 1 rings (SSSR count). The normalized spacial score (nSPS) is 13.5. The summed E-state index contributed by atoms with van der Waals surface area (Å²) in [6.07, 6.45) is 5.79. The van der Waals surface area contributed by atoms with Crippen molar-refractivity contribution in [2.45, 2.75) is 25.3 Å². The van der Waals surface area contributed by atoms with Crippen molar-refractivity contribution in [3.8, 4) is 12.3 Å². The molecule has 0 aliphatic rings. The third kappa shape index (κ3) is 3.61. The van der Waals surface area contributed by atoms with Crippen LogP contribution in [-0.4, -0.2) is 17.6 Å². The number of rotatable bonds is 5. The molecule has 0 saturated heterocycles. The Labute approximate surface area is 102 Å². The summed E-state index contributed by atoms with van der Waals surface area (Å²) in [6, 6.07) is 9.38. The summed E-state index contributed by atoms with van der Waals surface area (Å²) in [6.45, 7) is 1.63. The van der Waals surface area contributed by atoms with Crippen molar-refractivity contribution in [2.24, 2.45) is 0 Å². The van der Waals surface area contributed by atoms with Gasteiger partial charge < -0.3 is 10.4 Å². The Hall–Kier alpha value is -1.79. The molecule has 0 radical (unpaired) electrons. The van der Waals surface area contributed by atoms with E-state index in [0.717, 1.165) is 5.56 Å². The van der Waals surface area contributed by atoms with Crippen LogP contribution in [0.5, 0.6) is 0 Å². The van der Waals surface area contributed by atoms with Gasteiger partial charge in [-0.25, -0.2) is 0 Å². The summed E-state index contributed by atoms with van der Waals surface area (Å²) in [4.78, 5) is 11.6. The number of aliphatic hydroxyl groups excluding tert-OH is 1. The first kappa shape index (κ1) is 13.3. The van der Waals surface area contributed by atoms with Gasteiger partial charge in [0.05, 0.1) is 12.1 Å². The van der Waals surface area contributed by atoms with Crippen molar-refractivity contribution >= 4 is 5.91 Å². The van der Waals surface area contributed by atoms with E-state index in [1.54, 1.807) is 6.92 Å². The van der Waals surface area contributed by atoms with Crippen LogP contribution in [0.3, 0.4) is 0 Å². The molecule has 1 unspecified atom stereocenters. The molecule has 0 aliphatic heterocycles. The van der Waals surface area contributed by atoms with Crippen LogP contribution in [0.4, 0.5) is 0 Å². The third-order valence-electron chi connectivity index (χ3n) is 2.64. The van der Waals surface area contributed by atoms with E-state index < -0.39 is 5.54 Å². The van der Waals surface area contributed by atoms with Gasteiger partial charge in [-0.1, -0.05) is 30.3 Å². The monoisotopic (exact) mass is 231 g/mol. The van der Waals surface area contributed by atoms with Crippen molar-refractivity contribution in [1.82, 2.24) is 5.32 Å². The van der Waals surface area contributed by atoms with Gasteiger partial charge in [-0.2, -0.15) is 0 Å². The Bertz CT molecular complexity index is 408. The number of hydrogen-bond donors (Lipinski definition) is 2. The highest BCUT2D eigenvalue weighted by atomic mass is 16.3. The van der Waals surface area contributed by atoms with Crippen molar-refractivity contribution in [3.05, 3.63) is 35.9 Å². The molecular formula is C14H17NO2. The summed E-state index contributed by atoms with van der Waals surface area (Å²) in [5.41, 5.74) is 0.115. The van der Waals surface area contributed by atoms with E-state index >= 15 is 0 Å². The van der Waals surface area contributed by atoms with E-state index in [1.165, 1.54) is 0 Å². The fraction of sp³-hybridized carbons (Fsp3) is 0.357. The zero-order valence-corrected chi connectivity index (χ0v) is 9.94. The molecule has 2 N–H and O–H groups in total. The molecule has 1 amide bonds. The lowest BCUT2D eigenvalue weighted by Crippen LogP contribution is -2.46. The molecule has 0 fully saturated rings. The van der Waals surface area contributed by atoms with Gasteiger partial charge in [0.25, 0.3) is 0 Å². The summed E-state index contributed by atoms with van der Waals surface area (Å²) >= 11 is 0. The first-order chi connectivity index (χ1) is 8.12. The van der Waals surface area contributed by atoms with Crippen molar-refractivity contribution in [2.75, 3.05) is 6.61 Å². The number of carbonyl (C=O) groups excluding carboxylic acids is 1. The van der Waals surface area contributed by atoms with Gasteiger partial charge in [-0.05, 0) is 12.5 Å². The lowest BCUT2D eigenvalue weighted by Gasteiger charge is -2.29. The SMILES string of the molecule is C#CCCC(=O)NC(C)(CO)c1ccccc1. The molecule has 1 aromatic carbocycles. The maximum atomic E-state index is 11.6. The summed E-state index contributed by atoms with van der Waals surface area (Å²) in [5.74, 6) is 2.27. The van der Waals surface area contributed by atoms with Gasteiger partial charge in [-0.3, -0.25) is 4.79 Å². The van der Waals surface area contributed by atoms with Crippen molar-refractivity contribution < 1.29 is 9.90 Å². The number of amides is 1. The maximum Gasteiger partial charge on any atom is 0.221 e. The van der Waals surface area contributed by atoms with E-state index in [1.807, 2.05) is 30.3 Å². The van der Waals surface area contributed by atoms with Gasteiger partial charge >= 0.3 is 0 Å². The smallest absolute Gasteiger partial charge is 0.221 e. The molecule has 1 atom stereocenters. The number of carbonyl (C=O) groups is 1. The van der Waals surface area contributed by atoms with Gasteiger partial charge in [0.15, 0.2) is 0 Å². The fourth-order valence-corrected chi connectivity index (χ4v) is 1.56.